The molecule has 104 valence electrons. The molecular weight excluding hydrogens is 228 g/mol. The predicted octanol–water partition coefficient (Wildman–Crippen LogP) is 1.58. The van der Waals surface area contributed by atoms with E-state index in [2.05, 4.69) is 5.32 Å². The summed E-state index contributed by atoms with van der Waals surface area (Å²) in [4.78, 5) is 12.0. The van der Waals surface area contributed by atoms with E-state index in [1.165, 1.54) is 19.3 Å². The van der Waals surface area contributed by atoms with Gasteiger partial charge < -0.3 is 15.8 Å². The van der Waals surface area contributed by atoms with Crippen LogP contribution >= 0.6 is 0 Å². The third kappa shape index (κ3) is 3.45. The molecular formula is C14H26N2O2. The van der Waals surface area contributed by atoms with Crippen molar-refractivity contribution in [3.05, 3.63) is 0 Å². The van der Waals surface area contributed by atoms with E-state index in [1.807, 2.05) is 0 Å². The number of amides is 1. The van der Waals surface area contributed by atoms with Crippen molar-refractivity contribution in [3.8, 4) is 0 Å². The van der Waals surface area contributed by atoms with Gasteiger partial charge in [-0.25, -0.2) is 0 Å². The highest BCUT2D eigenvalue weighted by Crippen LogP contribution is 2.34. The average molecular weight is 254 g/mol. The van der Waals surface area contributed by atoms with Gasteiger partial charge in [0.25, 0.3) is 0 Å². The van der Waals surface area contributed by atoms with Gasteiger partial charge in [-0.15, -0.1) is 0 Å². The topological polar surface area (TPSA) is 64.3 Å². The second-order valence-corrected chi connectivity index (χ2v) is 5.84. The maximum Gasteiger partial charge on any atom is 0.249 e. The van der Waals surface area contributed by atoms with Crippen molar-refractivity contribution >= 4 is 5.91 Å². The summed E-state index contributed by atoms with van der Waals surface area (Å²) < 4.78 is 5.50. The van der Waals surface area contributed by atoms with Crippen molar-refractivity contribution in [1.82, 2.24) is 5.32 Å². The quantitative estimate of drug-likeness (QED) is 0.800. The maximum atomic E-state index is 12.0. The van der Waals surface area contributed by atoms with Crippen molar-refractivity contribution in [2.75, 3.05) is 19.7 Å². The smallest absolute Gasteiger partial charge is 0.249 e. The number of ether oxygens (including phenoxy) is 1. The third-order valence-electron chi connectivity index (χ3n) is 4.46. The Labute approximate surface area is 110 Å². The van der Waals surface area contributed by atoms with E-state index in [-0.39, 0.29) is 17.4 Å². The number of rotatable bonds is 4. The Morgan fingerprint density at radius 1 is 1.22 bits per heavy atom. The van der Waals surface area contributed by atoms with E-state index < -0.39 is 0 Å². The van der Waals surface area contributed by atoms with Crippen LogP contribution in [0.4, 0.5) is 0 Å². The molecule has 4 nitrogen and oxygen atoms in total. The van der Waals surface area contributed by atoms with Crippen LogP contribution in [0, 0.1) is 5.41 Å². The lowest BCUT2D eigenvalue weighted by Gasteiger charge is -2.36. The van der Waals surface area contributed by atoms with Gasteiger partial charge in [0, 0.05) is 13.2 Å². The van der Waals surface area contributed by atoms with Crippen LogP contribution in [-0.4, -0.2) is 31.7 Å². The minimum absolute atomic E-state index is 0.0631. The molecule has 0 bridgehead atoms. The van der Waals surface area contributed by atoms with Crippen LogP contribution in [0.2, 0.25) is 0 Å². The van der Waals surface area contributed by atoms with Crippen LogP contribution < -0.4 is 11.1 Å². The second kappa shape index (κ2) is 6.53. The molecule has 18 heavy (non-hydrogen) atoms. The largest absolute Gasteiger partial charge is 0.368 e. The van der Waals surface area contributed by atoms with Crippen molar-refractivity contribution in [3.63, 3.8) is 0 Å². The summed E-state index contributed by atoms with van der Waals surface area (Å²) in [6.07, 6.45) is 8.90. The molecule has 1 amide bonds. The first-order valence-electron chi connectivity index (χ1n) is 7.35. The van der Waals surface area contributed by atoms with E-state index in [1.54, 1.807) is 0 Å². The van der Waals surface area contributed by atoms with E-state index in [0.29, 0.717) is 6.54 Å². The van der Waals surface area contributed by atoms with Crippen molar-refractivity contribution in [2.45, 2.75) is 57.5 Å². The zero-order valence-electron chi connectivity index (χ0n) is 11.2. The molecule has 1 aliphatic carbocycles. The van der Waals surface area contributed by atoms with Gasteiger partial charge in [-0.2, -0.15) is 0 Å². The molecule has 3 N–H and O–H groups in total. The number of hydrogen-bond donors (Lipinski definition) is 2. The summed E-state index contributed by atoms with van der Waals surface area (Å²) in [5, 5.41) is 3.07. The fourth-order valence-corrected chi connectivity index (χ4v) is 3.09. The average Bonchev–Trinajstić information content (AvgIpc) is 2.47. The van der Waals surface area contributed by atoms with Gasteiger partial charge in [-0.1, -0.05) is 19.3 Å². The molecule has 4 heteroatoms. The molecule has 2 aliphatic rings. The van der Waals surface area contributed by atoms with E-state index in [4.69, 9.17) is 10.5 Å². The summed E-state index contributed by atoms with van der Waals surface area (Å²) in [5.74, 6) is 0.0631. The third-order valence-corrected chi connectivity index (χ3v) is 4.46. The van der Waals surface area contributed by atoms with E-state index in [0.717, 1.165) is 45.3 Å². The van der Waals surface area contributed by atoms with Gasteiger partial charge in [0.05, 0.1) is 0 Å². The van der Waals surface area contributed by atoms with Crippen LogP contribution in [0.15, 0.2) is 0 Å². The number of carbonyl (C=O) groups excluding carboxylic acids is 1. The highest BCUT2D eigenvalue weighted by atomic mass is 16.5. The Hall–Kier alpha value is -0.610. The fraction of sp³-hybridized carbons (Fsp3) is 0.929. The second-order valence-electron chi connectivity index (χ2n) is 5.84. The van der Waals surface area contributed by atoms with Gasteiger partial charge in [0.2, 0.25) is 5.91 Å². The molecule has 1 atom stereocenters. The first-order chi connectivity index (χ1) is 8.76. The summed E-state index contributed by atoms with van der Waals surface area (Å²) in [7, 11) is 0. The highest BCUT2D eigenvalue weighted by molar-refractivity contribution is 5.80. The molecule has 2 rings (SSSR count). The maximum absolute atomic E-state index is 12.0. The van der Waals surface area contributed by atoms with Gasteiger partial charge in [-0.05, 0) is 44.1 Å². The van der Waals surface area contributed by atoms with Crippen molar-refractivity contribution < 1.29 is 9.53 Å². The Morgan fingerprint density at radius 3 is 2.61 bits per heavy atom. The van der Waals surface area contributed by atoms with Gasteiger partial charge in [-0.3, -0.25) is 4.79 Å². The molecule has 0 radical (unpaired) electrons. The van der Waals surface area contributed by atoms with Gasteiger partial charge in [0.1, 0.15) is 6.10 Å². The van der Waals surface area contributed by atoms with Crippen LogP contribution in [0.1, 0.15) is 51.4 Å². The normalized spacial score (nSPS) is 27.7. The first kappa shape index (κ1) is 13.8. The number of hydrogen-bond acceptors (Lipinski definition) is 3. The number of nitrogens with one attached hydrogen (secondary N) is 1. The number of nitrogens with two attached hydrogens (primary N) is 1. The Morgan fingerprint density at radius 2 is 2.00 bits per heavy atom. The minimum atomic E-state index is -0.225. The number of carbonyl (C=O) groups is 1. The van der Waals surface area contributed by atoms with Crippen LogP contribution in [-0.2, 0) is 9.53 Å². The molecule has 0 aromatic heterocycles. The minimum Gasteiger partial charge on any atom is -0.368 e. The molecule has 2 fully saturated rings. The van der Waals surface area contributed by atoms with Gasteiger partial charge >= 0.3 is 0 Å². The molecule has 1 saturated heterocycles. The Bertz CT molecular complexity index is 269. The van der Waals surface area contributed by atoms with Crippen LogP contribution in [0.25, 0.3) is 0 Å². The van der Waals surface area contributed by atoms with Crippen molar-refractivity contribution in [2.24, 2.45) is 11.1 Å². The van der Waals surface area contributed by atoms with Crippen LogP contribution in [0.3, 0.4) is 0 Å². The molecule has 1 aliphatic heterocycles. The molecule has 0 aromatic carbocycles. The SMILES string of the molecule is NCC1(CNC(=O)C2CCCCO2)CCCCC1. The van der Waals surface area contributed by atoms with E-state index in [9.17, 15) is 4.79 Å². The Balaban J connectivity index is 1.79. The monoisotopic (exact) mass is 254 g/mol. The zero-order valence-corrected chi connectivity index (χ0v) is 11.2. The zero-order chi connectivity index (χ0) is 12.8. The van der Waals surface area contributed by atoms with Crippen LogP contribution in [0.5, 0.6) is 0 Å². The lowest BCUT2D eigenvalue weighted by molar-refractivity contribution is -0.136. The molecule has 0 spiro atoms. The predicted molar refractivity (Wildman–Crippen MR) is 71.2 cm³/mol. The summed E-state index contributed by atoms with van der Waals surface area (Å²) in [6, 6.07) is 0. The fourth-order valence-electron chi connectivity index (χ4n) is 3.09. The molecule has 1 unspecified atom stereocenters. The summed E-state index contributed by atoms with van der Waals surface area (Å²) in [5.41, 5.74) is 6.06. The highest BCUT2D eigenvalue weighted by Gasteiger charge is 2.32. The molecule has 1 saturated carbocycles. The Kier molecular flexibility index (Phi) is 5.01. The lowest BCUT2D eigenvalue weighted by Crippen LogP contribution is -2.47. The molecule has 0 aromatic rings. The van der Waals surface area contributed by atoms with Crippen molar-refractivity contribution in [1.29, 1.82) is 0 Å². The lowest BCUT2D eigenvalue weighted by atomic mass is 9.74. The first-order valence-corrected chi connectivity index (χ1v) is 7.35. The van der Waals surface area contributed by atoms with Gasteiger partial charge in [0.15, 0.2) is 0 Å². The summed E-state index contributed by atoms with van der Waals surface area (Å²) in [6.45, 7) is 2.13. The summed E-state index contributed by atoms with van der Waals surface area (Å²) >= 11 is 0. The van der Waals surface area contributed by atoms with E-state index >= 15 is 0 Å². The molecule has 1 heterocycles. The standard InChI is InChI=1S/C14H26N2O2/c15-10-14(7-3-1-4-8-14)11-16-13(17)12-6-2-5-9-18-12/h12H,1-11,15H2,(H,16,17).